The maximum absolute atomic E-state index is 13.0. The van der Waals surface area contributed by atoms with E-state index >= 15 is 0 Å². The normalized spacial score (nSPS) is 20.4. The summed E-state index contributed by atoms with van der Waals surface area (Å²) < 4.78 is 39.1. The van der Waals surface area contributed by atoms with E-state index in [-0.39, 0.29) is 28.6 Å². The highest BCUT2D eigenvalue weighted by atomic mass is 35.5. The minimum atomic E-state index is -4.55. The molecule has 3 rings (SSSR count). The van der Waals surface area contributed by atoms with E-state index in [1.807, 2.05) is 31.2 Å². The Morgan fingerprint density at radius 1 is 1.06 bits per heavy atom. The summed E-state index contributed by atoms with van der Waals surface area (Å²) in [5.41, 5.74) is 0.500. The average Bonchev–Trinajstić information content (AvgIpc) is 2.70. The van der Waals surface area contributed by atoms with Crippen molar-refractivity contribution < 1.29 is 18.0 Å². The molecule has 1 amide bonds. The first kappa shape index (κ1) is 23.6. The highest BCUT2D eigenvalue weighted by Crippen LogP contribution is 2.35. The number of alkyl halides is 3. The van der Waals surface area contributed by atoms with Crippen LogP contribution in [0.25, 0.3) is 6.08 Å². The van der Waals surface area contributed by atoms with Crippen LogP contribution in [-0.4, -0.2) is 40.9 Å². The number of halogens is 5. The smallest absolute Gasteiger partial charge is 0.334 e. The Morgan fingerprint density at radius 3 is 2.39 bits per heavy atom. The van der Waals surface area contributed by atoms with Gasteiger partial charge >= 0.3 is 6.18 Å². The van der Waals surface area contributed by atoms with Gasteiger partial charge < -0.3 is 4.90 Å². The van der Waals surface area contributed by atoms with E-state index in [0.29, 0.717) is 18.1 Å². The molecule has 8 heteroatoms. The zero-order valence-corrected chi connectivity index (χ0v) is 18.7. The Morgan fingerprint density at radius 2 is 1.74 bits per heavy atom. The van der Waals surface area contributed by atoms with Gasteiger partial charge in [0.05, 0.1) is 10.6 Å². The zero-order valence-electron chi connectivity index (χ0n) is 17.2. The Hall–Kier alpha value is -2.02. The number of piperazine rings is 1. The lowest BCUT2D eigenvalue weighted by Crippen LogP contribution is -2.57. The third-order valence-electron chi connectivity index (χ3n) is 5.41. The molecular weight excluding hydrogens is 448 g/mol. The van der Waals surface area contributed by atoms with E-state index in [4.69, 9.17) is 23.2 Å². The highest BCUT2D eigenvalue weighted by Gasteiger charge is 2.33. The van der Waals surface area contributed by atoms with Gasteiger partial charge in [-0.1, -0.05) is 41.4 Å². The van der Waals surface area contributed by atoms with Crippen LogP contribution < -0.4 is 0 Å². The minimum Gasteiger partial charge on any atom is -0.334 e. The maximum Gasteiger partial charge on any atom is 0.417 e. The summed E-state index contributed by atoms with van der Waals surface area (Å²) in [6.45, 7) is 6.01. The van der Waals surface area contributed by atoms with Gasteiger partial charge in [0, 0.05) is 42.8 Å². The van der Waals surface area contributed by atoms with E-state index in [1.54, 1.807) is 4.90 Å². The third-order valence-corrected chi connectivity index (χ3v) is 5.99. The Balaban J connectivity index is 1.66. The topological polar surface area (TPSA) is 23.6 Å². The standard InChI is InChI=1S/C23H23Cl2F3N2O/c1-15-13-30(16(2)12-29(15)14-18-3-7-19(24)8-4-18)22(31)10-6-17-5-9-21(25)20(11-17)23(26,27)28/h3-11,15-16H,12-14H2,1-2H3/b10-6+. The molecule has 2 unspecified atom stereocenters. The second kappa shape index (κ2) is 9.63. The minimum absolute atomic E-state index is 0.0309. The summed E-state index contributed by atoms with van der Waals surface area (Å²) in [5, 5.41) is 0.325. The van der Waals surface area contributed by atoms with Gasteiger partial charge in [-0.15, -0.1) is 0 Å². The van der Waals surface area contributed by atoms with Crippen LogP contribution in [0, 0.1) is 0 Å². The van der Waals surface area contributed by atoms with Crippen LogP contribution in [-0.2, 0) is 17.5 Å². The fourth-order valence-electron chi connectivity index (χ4n) is 3.68. The molecule has 1 aliphatic rings. The Kier molecular flexibility index (Phi) is 7.35. The molecule has 3 nitrogen and oxygen atoms in total. The van der Waals surface area contributed by atoms with Gasteiger partial charge in [-0.2, -0.15) is 13.2 Å². The third kappa shape index (κ3) is 6.03. The summed E-state index contributed by atoms with van der Waals surface area (Å²) in [6, 6.07) is 11.4. The van der Waals surface area contributed by atoms with Crippen molar-refractivity contribution in [3.63, 3.8) is 0 Å². The fraction of sp³-hybridized carbons (Fsp3) is 0.348. The molecule has 1 fully saturated rings. The fourth-order valence-corrected chi connectivity index (χ4v) is 4.03. The number of nitrogens with zero attached hydrogens (tertiary/aromatic N) is 2. The van der Waals surface area contributed by atoms with Crippen molar-refractivity contribution in [3.8, 4) is 0 Å². The molecule has 0 aromatic heterocycles. The molecule has 0 spiro atoms. The molecule has 1 saturated heterocycles. The molecule has 0 aliphatic carbocycles. The van der Waals surface area contributed by atoms with Crippen molar-refractivity contribution in [2.24, 2.45) is 0 Å². The van der Waals surface area contributed by atoms with Gasteiger partial charge in [0.15, 0.2) is 0 Å². The van der Waals surface area contributed by atoms with E-state index in [9.17, 15) is 18.0 Å². The average molecular weight is 471 g/mol. The van der Waals surface area contributed by atoms with Crippen LogP contribution in [0.2, 0.25) is 10.0 Å². The molecule has 0 N–H and O–H groups in total. The van der Waals surface area contributed by atoms with Crippen molar-refractivity contribution in [3.05, 3.63) is 75.3 Å². The summed E-state index contributed by atoms with van der Waals surface area (Å²) in [7, 11) is 0. The molecule has 1 aliphatic heterocycles. The molecule has 2 atom stereocenters. The van der Waals surface area contributed by atoms with Gasteiger partial charge in [-0.3, -0.25) is 9.69 Å². The quantitative estimate of drug-likeness (QED) is 0.500. The Labute approximate surface area is 190 Å². The number of amides is 1. The predicted octanol–water partition coefficient (Wildman–Crippen LogP) is 6.15. The van der Waals surface area contributed by atoms with Crippen LogP contribution in [0.15, 0.2) is 48.5 Å². The summed E-state index contributed by atoms with van der Waals surface area (Å²) in [6.07, 6.45) is -1.83. The zero-order chi connectivity index (χ0) is 22.8. The second-order valence-corrected chi connectivity index (χ2v) is 8.66. The molecule has 0 bridgehead atoms. The van der Waals surface area contributed by atoms with Gasteiger partial charge in [0.2, 0.25) is 5.91 Å². The SMILES string of the molecule is CC1CN(C(=O)/C=C/c2ccc(Cl)c(C(F)(F)F)c2)C(C)CN1Cc1ccc(Cl)cc1. The van der Waals surface area contributed by atoms with Gasteiger partial charge in [0.25, 0.3) is 0 Å². The van der Waals surface area contributed by atoms with Crippen LogP contribution >= 0.6 is 23.2 Å². The lowest BCUT2D eigenvalue weighted by molar-refractivity contribution is -0.137. The predicted molar refractivity (Wildman–Crippen MR) is 118 cm³/mol. The number of benzene rings is 2. The first-order chi connectivity index (χ1) is 14.5. The highest BCUT2D eigenvalue weighted by molar-refractivity contribution is 6.31. The molecule has 166 valence electrons. The van der Waals surface area contributed by atoms with Gasteiger partial charge in [0.1, 0.15) is 0 Å². The van der Waals surface area contributed by atoms with E-state index in [2.05, 4.69) is 11.8 Å². The summed E-state index contributed by atoms with van der Waals surface area (Å²) in [5.74, 6) is -0.228. The molecule has 1 heterocycles. The second-order valence-electron chi connectivity index (χ2n) is 7.81. The molecular formula is C23H23Cl2F3N2O. The number of hydrogen-bond donors (Lipinski definition) is 0. The number of rotatable bonds is 4. The van der Waals surface area contributed by atoms with Crippen LogP contribution in [0.5, 0.6) is 0 Å². The Bertz CT molecular complexity index is 960. The summed E-state index contributed by atoms with van der Waals surface area (Å²) >= 11 is 11.6. The monoisotopic (exact) mass is 470 g/mol. The van der Waals surface area contributed by atoms with Crippen LogP contribution in [0.3, 0.4) is 0 Å². The van der Waals surface area contributed by atoms with E-state index < -0.39 is 11.7 Å². The van der Waals surface area contributed by atoms with Gasteiger partial charge in [-0.25, -0.2) is 0 Å². The first-order valence-corrected chi connectivity index (χ1v) is 10.6. The number of carbonyl (C=O) groups is 1. The largest absolute Gasteiger partial charge is 0.417 e. The molecule has 0 radical (unpaired) electrons. The number of carbonyl (C=O) groups excluding carboxylic acids is 1. The molecule has 31 heavy (non-hydrogen) atoms. The van der Waals surface area contributed by atoms with Crippen molar-refractivity contribution in [1.82, 2.24) is 9.80 Å². The lowest BCUT2D eigenvalue weighted by atomic mass is 10.1. The van der Waals surface area contributed by atoms with Crippen LogP contribution in [0.4, 0.5) is 13.2 Å². The van der Waals surface area contributed by atoms with Crippen molar-refractivity contribution in [2.45, 2.75) is 38.7 Å². The number of hydrogen-bond acceptors (Lipinski definition) is 2. The van der Waals surface area contributed by atoms with Crippen LogP contribution in [0.1, 0.15) is 30.5 Å². The van der Waals surface area contributed by atoms with Crippen molar-refractivity contribution >= 4 is 35.2 Å². The molecule has 2 aromatic rings. The van der Waals surface area contributed by atoms with Crippen molar-refractivity contribution in [1.29, 1.82) is 0 Å². The lowest BCUT2D eigenvalue weighted by Gasteiger charge is -2.44. The molecule has 0 saturated carbocycles. The van der Waals surface area contributed by atoms with E-state index in [1.165, 1.54) is 24.3 Å². The van der Waals surface area contributed by atoms with Gasteiger partial charge in [-0.05, 0) is 55.3 Å². The summed E-state index contributed by atoms with van der Waals surface area (Å²) in [4.78, 5) is 16.8. The van der Waals surface area contributed by atoms with E-state index in [0.717, 1.165) is 18.2 Å². The first-order valence-electron chi connectivity index (χ1n) is 9.88. The van der Waals surface area contributed by atoms with Crippen molar-refractivity contribution in [2.75, 3.05) is 13.1 Å². The molecule has 2 aromatic carbocycles. The maximum atomic E-state index is 13.0.